The fraction of sp³-hybridized carbons (Fsp3) is 0.526. The molecule has 0 spiro atoms. The SMILES string of the molecule is NC(=NCC1CCC=CO1)NC1CCN(Cc2ccccc2)CC1. The van der Waals surface area contributed by atoms with Gasteiger partial charge in [0.1, 0.15) is 6.10 Å². The number of ether oxygens (including phenoxy) is 1. The summed E-state index contributed by atoms with van der Waals surface area (Å²) in [7, 11) is 0. The van der Waals surface area contributed by atoms with E-state index in [1.54, 1.807) is 6.26 Å². The van der Waals surface area contributed by atoms with Gasteiger partial charge in [-0.2, -0.15) is 0 Å². The summed E-state index contributed by atoms with van der Waals surface area (Å²) in [5.41, 5.74) is 7.41. The van der Waals surface area contributed by atoms with Crippen LogP contribution in [-0.4, -0.2) is 42.6 Å². The molecular weight excluding hydrogens is 300 g/mol. The van der Waals surface area contributed by atoms with Crippen LogP contribution in [0.4, 0.5) is 0 Å². The Morgan fingerprint density at radius 2 is 2.00 bits per heavy atom. The van der Waals surface area contributed by atoms with Crippen molar-refractivity contribution in [2.24, 2.45) is 10.7 Å². The van der Waals surface area contributed by atoms with Gasteiger partial charge < -0.3 is 15.8 Å². The van der Waals surface area contributed by atoms with Gasteiger partial charge in [0.05, 0.1) is 12.8 Å². The van der Waals surface area contributed by atoms with Gasteiger partial charge in [-0.25, -0.2) is 4.99 Å². The predicted octanol–water partition coefficient (Wildman–Crippen LogP) is 2.25. The Balaban J connectivity index is 1.37. The van der Waals surface area contributed by atoms with Crippen LogP contribution in [0, 0.1) is 0 Å². The predicted molar refractivity (Wildman–Crippen MR) is 97.6 cm³/mol. The van der Waals surface area contributed by atoms with Crippen molar-refractivity contribution in [2.45, 2.75) is 44.4 Å². The molecule has 5 heteroatoms. The van der Waals surface area contributed by atoms with Crippen molar-refractivity contribution in [3.8, 4) is 0 Å². The van der Waals surface area contributed by atoms with E-state index in [1.807, 2.05) is 6.08 Å². The van der Waals surface area contributed by atoms with Gasteiger partial charge in [-0.1, -0.05) is 30.3 Å². The maximum absolute atomic E-state index is 6.03. The van der Waals surface area contributed by atoms with E-state index in [9.17, 15) is 0 Å². The lowest BCUT2D eigenvalue weighted by Crippen LogP contribution is -2.47. The number of rotatable bonds is 5. The number of piperidine rings is 1. The molecule has 3 N–H and O–H groups in total. The van der Waals surface area contributed by atoms with Crippen LogP contribution in [-0.2, 0) is 11.3 Å². The quantitative estimate of drug-likeness (QED) is 0.643. The van der Waals surface area contributed by atoms with E-state index in [0.717, 1.165) is 45.3 Å². The number of allylic oxidation sites excluding steroid dienone is 1. The van der Waals surface area contributed by atoms with Crippen LogP contribution in [0.15, 0.2) is 47.7 Å². The molecule has 0 aliphatic carbocycles. The number of benzene rings is 1. The normalized spacial score (nSPS) is 23.0. The van der Waals surface area contributed by atoms with Crippen LogP contribution in [0.1, 0.15) is 31.2 Å². The second-order valence-corrected chi connectivity index (χ2v) is 6.61. The molecule has 1 saturated heterocycles. The van der Waals surface area contributed by atoms with E-state index in [0.29, 0.717) is 18.5 Å². The molecule has 1 fully saturated rings. The first kappa shape index (κ1) is 16.8. The Kier molecular flexibility index (Phi) is 6.13. The number of nitrogens with one attached hydrogen (secondary N) is 1. The largest absolute Gasteiger partial charge is 0.496 e. The summed E-state index contributed by atoms with van der Waals surface area (Å²) in [4.78, 5) is 6.94. The Morgan fingerprint density at radius 3 is 2.71 bits per heavy atom. The molecule has 1 aromatic carbocycles. The Hall–Kier alpha value is -2.01. The highest BCUT2D eigenvalue weighted by molar-refractivity contribution is 5.78. The average molecular weight is 328 g/mol. The molecule has 2 aliphatic heterocycles. The molecule has 0 saturated carbocycles. The second kappa shape index (κ2) is 8.73. The number of hydrogen-bond donors (Lipinski definition) is 2. The van der Waals surface area contributed by atoms with Crippen molar-refractivity contribution in [3.63, 3.8) is 0 Å². The van der Waals surface area contributed by atoms with Crippen molar-refractivity contribution in [2.75, 3.05) is 19.6 Å². The van der Waals surface area contributed by atoms with Crippen molar-refractivity contribution in [3.05, 3.63) is 48.2 Å². The summed E-state index contributed by atoms with van der Waals surface area (Å²) in [5, 5.41) is 3.37. The minimum atomic E-state index is 0.170. The van der Waals surface area contributed by atoms with Crippen LogP contribution in [0.2, 0.25) is 0 Å². The Labute approximate surface area is 144 Å². The van der Waals surface area contributed by atoms with E-state index >= 15 is 0 Å². The third-order valence-corrected chi connectivity index (χ3v) is 4.68. The maximum Gasteiger partial charge on any atom is 0.188 e. The number of nitrogens with two attached hydrogens (primary N) is 1. The van der Waals surface area contributed by atoms with Gasteiger partial charge >= 0.3 is 0 Å². The van der Waals surface area contributed by atoms with Crippen LogP contribution in [0.5, 0.6) is 0 Å². The fourth-order valence-electron chi connectivity index (χ4n) is 3.25. The number of nitrogens with zero attached hydrogens (tertiary/aromatic N) is 2. The first-order valence-electron chi connectivity index (χ1n) is 8.93. The van der Waals surface area contributed by atoms with E-state index in [4.69, 9.17) is 10.5 Å². The molecule has 2 aliphatic rings. The summed E-state index contributed by atoms with van der Waals surface area (Å²) >= 11 is 0. The van der Waals surface area contributed by atoms with E-state index < -0.39 is 0 Å². The second-order valence-electron chi connectivity index (χ2n) is 6.61. The monoisotopic (exact) mass is 328 g/mol. The van der Waals surface area contributed by atoms with Gasteiger partial charge in [-0.15, -0.1) is 0 Å². The summed E-state index contributed by atoms with van der Waals surface area (Å²) in [5.74, 6) is 0.551. The zero-order valence-corrected chi connectivity index (χ0v) is 14.2. The lowest BCUT2D eigenvalue weighted by Gasteiger charge is -2.32. The summed E-state index contributed by atoms with van der Waals surface area (Å²) in [6, 6.07) is 11.1. The van der Waals surface area contributed by atoms with E-state index in [2.05, 4.69) is 45.5 Å². The zero-order valence-electron chi connectivity index (χ0n) is 14.2. The molecule has 0 bridgehead atoms. The molecule has 24 heavy (non-hydrogen) atoms. The first-order valence-corrected chi connectivity index (χ1v) is 8.93. The van der Waals surface area contributed by atoms with Crippen LogP contribution in [0.3, 0.4) is 0 Å². The first-order chi connectivity index (χ1) is 11.8. The molecular formula is C19H28N4O. The maximum atomic E-state index is 6.03. The van der Waals surface area contributed by atoms with E-state index in [-0.39, 0.29) is 6.10 Å². The summed E-state index contributed by atoms with van der Waals surface area (Å²) in [6.45, 7) is 3.85. The number of likely N-dealkylation sites (tertiary alicyclic amines) is 1. The molecule has 3 rings (SSSR count). The van der Waals surface area contributed by atoms with Gasteiger partial charge in [0.2, 0.25) is 0 Å². The topological polar surface area (TPSA) is 62.9 Å². The lowest BCUT2D eigenvalue weighted by atomic mass is 10.0. The molecule has 0 radical (unpaired) electrons. The van der Waals surface area contributed by atoms with Gasteiger partial charge in [-0.3, -0.25) is 4.90 Å². The highest BCUT2D eigenvalue weighted by atomic mass is 16.5. The smallest absolute Gasteiger partial charge is 0.188 e. The number of aliphatic imine (C=N–C) groups is 1. The molecule has 0 aromatic heterocycles. The van der Waals surface area contributed by atoms with Gasteiger partial charge in [0.25, 0.3) is 0 Å². The average Bonchev–Trinajstić information content (AvgIpc) is 2.63. The minimum Gasteiger partial charge on any atom is -0.496 e. The third kappa shape index (κ3) is 5.27. The number of hydrogen-bond acceptors (Lipinski definition) is 3. The minimum absolute atomic E-state index is 0.170. The highest BCUT2D eigenvalue weighted by Crippen LogP contribution is 2.14. The van der Waals surface area contributed by atoms with Crippen LogP contribution in [0.25, 0.3) is 0 Å². The van der Waals surface area contributed by atoms with Crippen molar-refractivity contribution in [1.82, 2.24) is 10.2 Å². The van der Waals surface area contributed by atoms with Crippen molar-refractivity contribution >= 4 is 5.96 Å². The Morgan fingerprint density at radius 1 is 1.21 bits per heavy atom. The highest BCUT2D eigenvalue weighted by Gasteiger charge is 2.19. The molecule has 5 nitrogen and oxygen atoms in total. The molecule has 1 aromatic rings. The fourth-order valence-corrected chi connectivity index (χ4v) is 3.25. The molecule has 0 amide bonds. The standard InChI is InChI=1S/C19H28N4O/c20-19(21-14-18-8-4-5-13-24-18)22-17-9-11-23(12-10-17)15-16-6-2-1-3-7-16/h1-3,5-7,13,17-18H,4,8-12,14-15H2,(H3,20,21,22). The molecule has 2 heterocycles. The van der Waals surface area contributed by atoms with Gasteiger partial charge in [0.15, 0.2) is 5.96 Å². The molecule has 1 unspecified atom stereocenters. The van der Waals surface area contributed by atoms with Crippen molar-refractivity contribution < 1.29 is 4.74 Å². The summed E-state index contributed by atoms with van der Waals surface area (Å²) < 4.78 is 5.51. The molecule has 1 atom stereocenters. The van der Waals surface area contributed by atoms with Crippen LogP contribution < -0.4 is 11.1 Å². The van der Waals surface area contributed by atoms with Crippen molar-refractivity contribution in [1.29, 1.82) is 0 Å². The summed E-state index contributed by atoms with van der Waals surface area (Å²) in [6.07, 6.45) is 8.28. The molecule has 130 valence electrons. The van der Waals surface area contributed by atoms with Crippen LogP contribution >= 0.6 is 0 Å². The third-order valence-electron chi connectivity index (χ3n) is 4.68. The van der Waals surface area contributed by atoms with E-state index in [1.165, 1.54) is 5.56 Å². The lowest BCUT2D eigenvalue weighted by molar-refractivity contribution is 0.131. The zero-order chi connectivity index (χ0) is 16.6. The van der Waals surface area contributed by atoms with Gasteiger partial charge in [-0.05, 0) is 37.3 Å². The Bertz CT molecular complexity index is 550. The number of guanidine groups is 1. The van der Waals surface area contributed by atoms with Gasteiger partial charge in [0, 0.05) is 25.7 Å².